The van der Waals surface area contributed by atoms with Crippen molar-refractivity contribution in [2.75, 3.05) is 0 Å². The van der Waals surface area contributed by atoms with Crippen LogP contribution in [0.15, 0.2) is 30.7 Å². The van der Waals surface area contributed by atoms with Gasteiger partial charge in [-0.2, -0.15) is 0 Å². The lowest BCUT2D eigenvalue weighted by molar-refractivity contribution is 1.14. The highest BCUT2D eigenvalue weighted by atomic mass is 79.9. The summed E-state index contributed by atoms with van der Waals surface area (Å²) in [6.07, 6.45) is 0. The van der Waals surface area contributed by atoms with E-state index in [9.17, 15) is 9.59 Å². The van der Waals surface area contributed by atoms with Crippen LogP contribution in [0, 0.1) is 0 Å². The van der Waals surface area contributed by atoms with Gasteiger partial charge < -0.3 is 9.97 Å². The summed E-state index contributed by atoms with van der Waals surface area (Å²) in [4.78, 5) is 27.1. The predicted octanol–water partition coefficient (Wildman–Crippen LogP) is 1.74. The topological polar surface area (TPSA) is 65.7 Å². The van der Waals surface area contributed by atoms with Crippen LogP contribution in [0.1, 0.15) is 0 Å². The van der Waals surface area contributed by atoms with Crippen LogP contribution in [-0.4, -0.2) is 9.97 Å². The zero-order valence-electron chi connectivity index (χ0n) is 6.73. The third kappa shape index (κ3) is 1.44. The standard InChI is InChI=1S/C8H4Br2N2O2/c9-3-1-2-4(10)6-5(3)11-7(13)8(14)12-6/h1-2H,(H,11,13)(H,12,14). The van der Waals surface area contributed by atoms with E-state index in [1.54, 1.807) is 12.1 Å². The van der Waals surface area contributed by atoms with Crippen LogP contribution >= 0.6 is 31.9 Å². The molecule has 4 nitrogen and oxygen atoms in total. The van der Waals surface area contributed by atoms with Crippen molar-refractivity contribution < 1.29 is 0 Å². The lowest BCUT2D eigenvalue weighted by Gasteiger charge is -2.01. The molecule has 72 valence electrons. The Hall–Kier alpha value is -0.880. The first-order chi connectivity index (χ1) is 6.59. The van der Waals surface area contributed by atoms with Gasteiger partial charge in [0, 0.05) is 8.95 Å². The summed E-state index contributed by atoms with van der Waals surface area (Å²) in [5, 5.41) is 0. The molecule has 2 aromatic rings. The minimum absolute atomic E-state index is 0.573. The van der Waals surface area contributed by atoms with Gasteiger partial charge in [-0.1, -0.05) is 0 Å². The number of hydrogen-bond donors (Lipinski definition) is 2. The van der Waals surface area contributed by atoms with E-state index in [0.717, 1.165) is 8.95 Å². The number of H-pyrrole nitrogens is 2. The van der Waals surface area contributed by atoms with Crippen LogP contribution in [0.2, 0.25) is 0 Å². The Balaban J connectivity index is 3.09. The molecular weight excluding hydrogens is 316 g/mol. The second-order valence-corrected chi connectivity index (χ2v) is 4.40. The molecule has 6 heteroatoms. The Morgan fingerprint density at radius 1 is 0.857 bits per heavy atom. The number of benzene rings is 1. The number of nitrogens with one attached hydrogen (secondary N) is 2. The Morgan fingerprint density at radius 2 is 1.21 bits per heavy atom. The molecule has 2 rings (SSSR count). The van der Waals surface area contributed by atoms with Gasteiger partial charge in [-0.05, 0) is 44.0 Å². The number of hydrogen-bond acceptors (Lipinski definition) is 2. The van der Waals surface area contributed by atoms with E-state index in [1.807, 2.05) is 0 Å². The van der Waals surface area contributed by atoms with Crippen LogP contribution in [-0.2, 0) is 0 Å². The van der Waals surface area contributed by atoms with Crippen molar-refractivity contribution in [2.45, 2.75) is 0 Å². The summed E-state index contributed by atoms with van der Waals surface area (Å²) in [5.74, 6) is 0. The maximum absolute atomic E-state index is 11.1. The Labute approximate surface area is 94.6 Å². The second-order valence-electron chi connectivity index (χ2n) is 2.69. The Kier molecular flexibility index (Phi) is 2.32. The summed E-state index contributed by atoms with van der Waals surface area (Å²) in [5.41, 5.74) is -0.166. The highest BCUT2D eigenvalue weighted by Crippen LogP contribution is 2.25. The van der Waals surface area contributed by atoms with Gasteiger partial charge in [-0.15, -0.1) is 0 Å². The summed E-state index contributed by atoms with van der Waals surface area (Å²) in [6, 6.07) is 3.56. The fourth-order valence-electron chi connectivity index (χ4n) is 1.14. The molecular formula is C8H4Br2N2O2. The molecule has 0 saturated carbocycles. The zero-order chi connectivity index (χ0) is 10.3. The molecule has 0 aliphatic rings. The maximum atomic E-state index is 11.1. The summed E-state index contributed by atoms with van der Waals surface area (Å²) in [6.45, 7) is 0. The minimum atomic E-state index is -0.656. The van der Waals surface area contributed by atoms with Gasteiger partial charge in [0.05, 0.1) is 11.0 Å². The van der Waals surface area contributed by atoms with Gasteiger partial charge in [0.2, 0.25) is 0 Å². The fraction of sp³-hybridized carbons (Fsp3) is 0. The molecule has 0 amide bonds. The lowest BCUT2D eigenvalue weighted by atomic mass is 10.3. The van der Waals surface area contributed by atoms with E-state index in [4.69, 9.17) is 0 Å². The van der Waals surface area contributed by atoms with Crippen molar-refractivity contribution in [1.29, 1.82) is 0 Å². The van der Waals surface area contributed by atoms with Gasteiger partial charge in [0.25, 0.3) is 0 Å². The quantitative estimate of drug-likeness (QED) is 0.726. The largest absolute Gasteiger partial charge is 0.315 e. The van der Waals surface area contributed by atoms with Gasteiger partial charge in [-0.3, -0.25) is 9.59 Å². The fourth-order valence-corrected chi connectivity index (χ4v) is 2.00. The Bertz CT molecular complexity index is 560. The van der Waals surface area contributed by atoms with Crippen molar-refractivity contribution in [3.05, 3.63) is 41.8 Å². The number of aromatic amines is 2. The van der Waals surface area contributed by atoms with Crippen LogP contribution < -0.4 is 11.1 Å². The van der Waals surface area contributed by atoms with Crippen LogP contribution in [0.5, 0.6) is 0 Å². The van der Waals surface area contributed by atoms with Crippen LogP contribution in [0.4, 0.5) is 0 Å². The van der Waals surface area contributed by atoms with Crippen molar-refractivity contribution in [2.24, 2.45) is 0 Å². The first-order valence-electron chi connectivity index (χ1n) is 3.70. The first-order valence-corrected chi connectivity index (χ1v) is 5.28. The van der Waals surface area contributed by atoms with Gasteiger partial charge >= 0.3 is 11.1 Å². The van der Waals surface area contributed by atoms with Gasteiger partial charge in [0.15, 0.2) is 0 Å². The molecule has 0 spiro atoms. The molecule has 0 atom stereocenters. The molecule has 1 heterocycles. The summed E-state index contributed by atoms with van der Waals surface area (Å²) >= 11 is 6.55. The van der Waals surface area contributed by atoms with Gasteiger partial charge in [0.1, 0.15) is 0 Å². The zero-order valence-corrected chi connectivity index (χ0v) is 9.90. The van der Waals surface area contributed by atoms with E-state index < -0.39 is 11.1 Å². The van der Waals surface area contributed by atoms with E-state index in [2.05, 4.69) is 41.8 Å². The molecule has 0 bridgehead atoms. The van der Waals surface area contributed by atoms with E-state index in [-0.39, 0.29) is 0 Å². The van der Waals surface area contributed by atoms with Crippen molar-refractivity contribution in [1.82, 2.24) is 9.97 Å². The lowest BCUT2D eigenvalue weighted by Crippen LogP contribution is -2.29. The monoisotopic (exact) mass is 318 g/mol. The highest BCUT2D eigenvalue weighted by molar-refractivity contribution is 9.11. The van der Waals surface area contributed by atoms with Crippen LogP contribution in [0.25, 0.3) is 11.0 Å². The SMILES string of the molecule is O=c1[nH]c2c(Br)ccc(Br)c2[nH]c1=O. The number of halogens is 2. The van der Waals surface area contributed by atoms with E-state index in [1.165, 1.54) is 0 Å². The average Bonchev–Trinajstić information content (AvgIpc) is 2.15. The number of rotatable bonds is 0. The van der Waals surface area contributed by atoms with Crippen LogP contribution in [0.3, 0.4) is 0 Å². The smallest absolute Gasteiger partial charge is 0.314 e. The second kappa shape index (κ2) is 3.36. The number of fused-ring (bicyclic) bond motifs is 1. The first kappa shape index (κ1) is 9.67. The third-order valence-corrected chi connectivity index (χ3v) is 3.11. The molecule has 0 unspecified atom stereocenters. The molecule has 1 aromatic carbocycles. The predicted molar refractivity (Wildman–Crippen MR) is 60.6 cm³/mol. The maximum Gasteiger partial charge on any atom is 0.314 e. The normalized spacial score (nSPS) is 10.7. The van der Waals surface area contributed by atoms with E-state index >= 15 is 0 Å². The molecule has 1 aromatic heterocycles. The molecule has 0 fully saturated rings. The van der Waals surface area contributed by atoms with Crippen molar-refractivity contribution in [3.8, 4) is 0 Å². The molecule has 2 N–H and O–H groups in total. The molecule has 0 aliphatic heterocycles. The molecule has 0 radical (unpaired) electrons. The Morgan fingerprint density at radius 3 is 1.57 bits per heavy atom. The average molecular weight is 320 g/mol. The molecule has 14 heavy (non-hydrogen) atoms. The minimum Gasteiger partial charge on any atom is -0.315 e. The number of aromatic nitrogens is 2. The molecule has 0 aliphatic carbocycles. The highest BCUT2D eigenvalue weighted by Gasteiger charge is 2.05. The summed E-state index contributed by atoms with van der Waals surface area (Å²) < 4.78 is 1.45. The summed E-state index contributed by atoms with van der Waals surface area (Å²) in [7, 11) is 0. The van der Waals surface area contributed by atoms with Gasteiger partial charge in [-0.25, -0.2) is 0 Å². The van der Waals surface area contributed by atoms with E-state index in [0.29, 0.717) is 11.0 Å². The van der Waals surface area contributed by atoms with Crippen molar-refractivity contribution in [3.63, 3.8) is 0 Å². The van der Waals surface area contributed by atoms with Crippen molar-refractivity contribution >= 4 is 42.9 Å². The molecule has 0 saturated heterocycles. The third-order valence-electron chi connectivity index (χ3n) is 1.79.